The minimum absolute atomic E-state index is 0.0336. The van der Waals surface area contributed by atoms with Crippen LogP contribution in [-0.2, 0) is 22.3 Å². The third kappa shape index (κ3) is 5.86. The Balaban J connectivity index is 1.38. The zero-order valence-electron chi connectivity index (χ0n) is 24.5. The van der Waals surface area contributed by atoms with Crippen molar-refractivity contribution in [2.45, 2.75) is 48.7 Å². The number of morpholine rings is 1. The van der Waals surface area contributed by atoms with Crippen molar-refractivity contribution in [1.82, 2.24) is 14.5 Å². The number of methoxy groups -OCH3 is 1. The van der Waals surface area contributed by atoms with Crippen LogP contribution in [0.15, 0.2) is 59.8 Å². The second kappa shape index (κ2) is 12.8. The third-order valence-corrected chi connectivity index (χ3v) is 9.88. The number of thioether (sulfide) groups is 1. The highest BCUT2D eigenvalue weighted by atomic mass is 35.5. The number of ether oxygens (including phenoxy) is 2. The van der Waals surface area contributed by atoms with E-state index in [0.29, 0.717) is 47.9 Å². The largest absolute Gasteiger partial charge is 0.495 e. The van der Waals surface area contributed by atoms with Crippen LogP contribution in [0.2, 0.25) is 5.02 Å². The molecule has 1 aliphatic carbocycles. The molecule has 2 heterocycles. The summed E-state index contributed by atoms with van der Waals surface area (Å²) < 4.78 is 57.6. The summed E-state index contributed by atoms with van der Waals surface area (Å²) in [6, 6.07) is 14.3. The van der Waals surface area contributed by atoms with E-state index in [9.17, 15) is 9.50 Å². The van der Waals surface area contributed by atoms with E-state index in [1.54, 1.807) is 24.1 Å². The molecule has 1 saturated heterocycles. The normalized spacial score (nSPS) is 19.5. The van der Waals surface area contributed by atoms with E-state index in [2.05, 4.69) is 6.92 Å². The molecule has 4 aromatic rings. The number of halogens is 4. The maximum Gasteiger partial charge on any atom is 0.173 e. The van der Waals surface area contributed by atoms with Gasteiger partial charge in [-0.1, -0.05) is 29.4 Å². The Bertz CT molecular complexity index is 1640. The van der Waals surface area contributed by atoms with Crippen molar-refractivity contribution in [3.63, 3.8) is 0 Å². The van der Waals surface area contributed by atoms with E-state index < -0.39 is 23.3 Å². The smallest absolute Gasteiger partial charge is 0.173 e. The number of aliphatic hydroxyl groups excluding tert-OH is 1. The van der Waals surface area contributed by atoms with Gasteiger partial charge < -0.3 is 14.6 Å². The van der Waals surface area contributed by atoms with Crippen LogP contribution < -0.4 is 4.74 Å². The summed E-state index contributed by atoms with van der Waals surface area (Å²) in [5, 5.41) is 11.8. The second-order valence-electron chi connectivity index (χ2n) is 11.3. The number of aromatic nitrogens is 2. The lowest BCUT2D eigenvalue weighted by Crippen LogP contribution is -2.39. The van der Waals surface area contributed by atoms with Crippen molar-refractivity contribution in [3.05, 3.63) is 105 Å². The zero-order chi connectivity index (χ0) is 31.0. The average molecular weight is 644 g/mol. The number of hydrogen-bond acceptors (Lipinski definition) is 6. The highest BCUT2D eigenvalue weighted by molar-refractivity contribution is 7.98. The second-order valence-corrected chi connectivity index (χ2v) is 12.7. The van der Waals surface area contributed by atoms with Crippen LogP contribution >= 0.6 is 23.4 Å². The van der Waals surface area contributed by atoms with E-state index in [0.717, 1.165) is 36.2 Å². The van der Waals surface area contributed by atoms with Gasteiger partial charge in [0.05, 0.1) is 36.7 Å². The van der Waals surface area contributed by atoms with Crippen LogP contribution in [0.4, 0.5) is 13.2 Å². The molecule has 2 aliphatic rings. The Morgan fingerprint density at radius 3 is 2.45 bits per heavy atom. The molecule has 1 fully saturated rings. The molecule has 0 amide bonds. The molecule has 0 radical (unpaired) electrons. The Labute approximate surface area is 263 Å². The van der Waals surface area contributed by atoms with Gasteiger partial charge in [0.1, 0.15) is 29.4 Å². The minimum Gasteiger partial charge on any atom is -0.495 e. The molecule has 6 nitrogen and oxygen atoms in total. The first-order valence-electron chi connectivity index (χ1n) is 14.5. The fourth-order valence-corrected chi connectivity index (χ4v) is 7.44. The van der Waals surface area contributed by atoms with Crippen LogP contribution in [0.25, 0.3) is 5.69 Å². The molecule has 6 rings (SSSR count). The molecule has 1 N–H and O–H groups in total. The first-order valence-corrected chi connectivity index (χ1v) is 15.9. The Morgan fingerprint density at radius 1 is 1.07 bits per heavy atom. The predicted molar refractivity (Wildman–Crippen MR) is 164 cm³/mol. The number of hydrogen-bond donors (Lipinski definition) is 1. The van der Waals surface area contributed by atoms with Gasteiger partial charge in [-0.2, -0.15) is 0 Å². The summed E-state index contributed by atoms with van der Waals surface area (Å²) in [5.74, 6) is -1.31. The van der Waals surface area contributed by atoms with E-state index in [1.807, 2.05) is 22.8 Å². The highest BCUT2D eigenvalue weighted by Crippen LogP contribution is 2.47. The summed E-state index contributed by atoms with van der Waals surface area (Å²) in [5.41, 5.74) is 3.06. The summed E-state index contributed by atoms with van der Waals surface area (Å²) in [7, 11) is 1.57. The molecular weight excluding hydrogens is 611 g/mol. The van der Waals surface area contributed by atoms with Crippen LogP contribution in [0.5, 0.6) is 5.75 Å². The fourth-order valence-electron chi connectivity index (χ4n) is 6.20. The standard InChI is InChI=1S/C33H33ClF3N3O3S/c1-33(21-5-10-25(34)29(18-21)42-2)11-3-4-28-30(33)40(23-8-6-22(35)7-9-23)32(38-28)44-19-24-26(36)16-20(17-27(24)37)31(41)39-12-14-43-15-13-39/h5-10,16-18,31,41H,3-4,11-15,19H2,1-2H3. The molecule has 11 heteroatoms. The van der Waals surface area contributed by atoms with Crippen LogP contribution in [0.3, 0.4) is 0 Å². The van der Waals surface area contributed by atoms with Gasteiger partial charge in [0, 0.05) is 41.1 Å². The summed E-state index contributed by atoms with van der Waals surface area (Å²) in [6.45, 7) is 3.99. The molecule has 1 aromatic heterocycles. The van der Waals surface area contributed by atoms with Crippen LogP contribution in [-0.4, -0.2) is 53.0 Å². The van der Waals surface area contributed by atoms with Crippen molar-refractivity contribution in [2.24, 2.45) is 0 Å². The average Bonchev–Trinajstić information content (AvgIpc) is 3.41. The first-order chi connectivity index (χ1) is 21.2. The SMILES string of the molecule is COc1cc(C2(C)CCCc3nc(SCc4c(F)cc(C(O)N5CCOCC5)cc4F)n(-c4ccc(F)cc4)c32)ccc1Cl. The third-order valence-electron chi connectivity index (χ3n) is 8.60. The lowest BCUT2D eigenvalue weighted by atomic mass is 9.71. The first kappa shape index (κ1) is 31.0. The maximum absolute atomic E-state index is 15.4. The molecule has 2 unspecified atom stereocenters. The molecule has 0 bridgehead atoms. The van der Waals surface area contributed by atoms with Gasteiger partial charge in [-0.15, -0.1) is 0 Å². The van der Waals surface area contributed by atoms with E-state index in [1.165, 1.54) is 36.0 Å². The molecule has 3 aromatic carbocycles. The summed E-state index contributed by atoms with van der Waals surface area (Å²) in [6.07, 6.45) is 1.30. The van der Waals surface area contributed by atoms with Gasteiger partial charge in [-0.25, -0.2) is 18.2 Å². The molecule has 232 valence electrons. The molecule has 2 atom stereocenters. The monoisotopic (exact) mass is 643 g/mol. The Morgan fingerprint density at radius 2 is 1.77 bits per heavy atom. The van der Waals surface area contributed by atoms with Gasteiger partial charge in [-0.3, -0.25) is 9.47 Å². The summed E-state index contributed by atoms with van der Waals surface area (Å²) >= 11 is 7.57. The lowest BCUT2D eigenvalue weighted by molar-refractivity contribution is -0.0605. The van der Waals surface area contributed by atoms with E-state index >= 15 is 8.78 Å². The minimum atomic E-state index is -1.13. The molecule has 0 spiro atoms. The number of benzene rings is 3. The van der Waals surface area contributed by atoms with Gasteiger partial charge in [0.25, 0.3) is 0 Å². The van der Waals surface area contributed by atoms with Crippen molar-refractivity contribution in [2.75, 3.05) is 33.4 Å². The number of nitrogens with zero attached hydrogens (tertiary/aromatic N) is 3. The number of fused-ring (bicyclic) bond motifs is 1. The van der Waals surface area contributed by atoms with Gasteiger partial charge >= 0.3 is 0 Å². The zero-order valence-corrected chi connectivity index (χ0v) is 26.0. The number of aryl methyl sites for hydroxylation is 1. The van der Waals surface area contributed by atoms with Gasteiger partial charge in [-0.05, 0) is 80.3 Å². The van der Waals surface area contributed by atoms with Crippen molar-refractivity contribution in [3.8, 4) is 11.4 Å². The Hall–Kier alpha value is -3.02. The maximum atomic E-state index is 15.4. The van der Waals surface area contributed by atoms with Gasteiger partial charge in [0.2, 0.25) is 0 Å². The van der Waals surface area contributed by atoms with Gasteiger partial charge in [0.15, 0.2) is 5.16 Å². The molecular formula is C33H33ClF3N3O3S. The molecule has 0 saturated carbocycles. The van der Waals surface area contributed by atoms with Crippen molar-refractivity contribution in [1.29, 1.82) is 0 Å². The summed E-state index contributed by atoms with van der Waals surface area (Å²) in [4.78, 5) is 6.71. The predicted octanol–water partition coefficient (Wildman–Crippen LogP) is 7.21. The molecule has 44 heavy (non-hydrogen) atoms. The highest BCUT2D eigenvalue weighted by Gasteiger charge is 2.40. The lowest BCUT2D eigenvalue weighted by Gasteiger charge is -2.36. The topological polar surface area (TPSA) is 59.8 Å². The van der Waals surface area contributed by atoms with Crippen molar-refractivity contribution >= 4 is 23.4 Å². The van der Waals surface area contributed by atoms with E-state index in [-0.39, 0.29) is 22.7 Å². The quantitative estimate of drug-likeness (QED) is 0.205. The number of imidazole rings is 1. The number of aliphatic hydroxyl groups is 1. The molecule has 1 aliphatic heterocycles. The van der Waals surface area contributed by atoms with Crippen LogP contribution in [0, 0.1) is 17.5 Å². The number of rotatable bonds is 8. The Kier molecular flexibility index (Phi) is 8.99. The fraction of sp³-hybridized carbons (Fsp3) is 0.364. The van der Waals surface area contributed by atoms with Crippen LogP contribution in [0.1, 0.15) is 54.1 Å². The van der Waals surface area contributed by atoms with E-state index in [4.69, 9.17) is 26.1 Å². The van der Waals surface area contributed by atoms with Crippen molar-refractivity contribution < 1.29 is 27.8 Å².